The van der Waals surface area contributed by atoms with Crippen molar-refractivity contribution in [3.8, 4) is 39.1 Å². The Kier molecular flexibility index (Phi) is 5.50. The zero-order valence-corrected chi connectivity index (χ0v) is 23.8. The minimum atomic E-state index is 0.915. The number of furan rings is 1. The second kappa shape index (κ2) is 9.82. The van der Waals surface area contributed by atoms with Crippen LogP contribution in [-0.4, -0.2) is 9.55 Å². The lowest BCUT2D eigenvalue weighted by Crippen LogP contribution is -1.94. The predicted molar refractivity (Wildman–Crippen MR) is 182 cm³/mol. The van der Waals surface area contributed by atoms with Gasteiger partial charge in [0.1, 0.15) is 11.2 Å². The van der Waals surface area contributed by atoms with Crippen LogP contribution in [0.5, 0.6) is 0 Å². The summed E-state index contributed by atoms with van der Waals surface area (Å²) in [6, 6.07) is 53.8. The van der Waals surface area contributed by atoms with Gasteiger partial charge in [0.05, 0.1) is 16.6 Å². The molecule has 0 aliphatic heterocycles. The molecule has 3 nitrogen and oxygen atoms in total. The maximum Gasteiger partial charge on any atom is 0.135 e. The Labute approximate surface area is 254 Å². The Hall–Kier alpha value is -5.93. The minimum absolute atomic E-state index is 0.915. The van der Waals surface area contributed by atoms with Gasteiger partial charge in [-0.15, -0.1) is 0 Å². The zero-order chi connectivity index (χ0) is 29.0. The van der Waals surface area contributed by atoms with Gasteiger partial charge in [-0.1, -0.05) is 91.0 Å². The first-order valence-electron chi connectivity index (χ1n) is 14.9. The molecular formula is C41H26N2O. The molecule has 0 N–H and O–H groups in total. The molecule has 3 heterocycles. The fourth-order valence-electron chi connectivity index (χ4n) is 6.55. The molecule has 0 saturated heterocycles. The largest absolute Gasteiger partial charge is 0.456 e. The van der Waals surface area contributed by atoms with Gasteiger partial charge in [0.15, 0.2) is 0 Å². The van der Waals surface area contributed by atoms with Crippen molar-refractivity contribution in [2.24, 2.45) is 0 Å². The van der Waals surface area contributed by atoms with E-state index in [0.29, 0.717) is 0 Å². The van der Waals surface area contributed by atoms with Crippen LogP contribution in [0, 0.1) is 0 Å². The van der Waals surface area contributed by atoms with Crippen molar-refractivity contribution in [1.82, 2.24) is 9.55 Å². The molecule has 3 aromatic heterocycles. The Bertz CT molecular complexity index is 2460. The van der Waals surface area contributed by atoms with E-state index in [9.17, 15) is 0 Å². The maximum absolute atomic E-state index is 6.06. The van der Waals surface area contributed by atoms with Gasteiger partial charge in [-0.2, -0.15) is 0 Å². The SMILES string of the molecule is c1cc(-c2cccc(-c3ccc4oc5ccccc5c4c3)c2)cc(-c2cccc(-n3c4ccccc4c4ncccc43)c2)c1. The second-order valence-corrected chi connectivity index (χ2v) is 11.2. The fourth-order valence-corrected chi connectivity index (χ4v) is 6.55. The number of aromatic nitrogens is 2. The number of benzene rings is 6. The first kappa shape index (κ1) is 24.6. The number of fused-ring (bicyclic) bond motifs is 6. The molecule has 6 aromatic carbocycles. The number of nitrogens with zero attached hydrogens (tertiary/aromatic N) is 2. The molecule has 44 heavy (non-hydrogen) atoms. The van der Waals surface area contributed by atoms with Gasteiger partial charge in [-0.3, -0.25) is 4.98 Å². The highest BCUT2D eigenvalue weighted by Crippen LogP contribution is 2.36. The summed E-state index contributed by atoms with van der Waals surface area (Å²) in [6.45, 7) is 0. The number of pyridine rings is 1. The van der Waals surface area contributed by atoms with E-state index < -0.39 is 0 Å². The highest BCUT2D eigenvalue weighted by Gasteiger charge is 2.14. The standard InChI is InChI=1S/C41H26N2O/c1-3-17-37-35(16-1)41-38(18-8-22-42-41)43(37)33-14-7-13-31(25-33)29-11-5-9-27(23-29)28-10-6-12-30(24-28)32-20-21-40-36(26-32)34-15-2-4-19-39(34)44-40/h1-26H. The van der Waals surface area contributed by atoms with Crippen molar-refractivity contribution in [3.05, 3.63) is 158 Å². The molecule has 3 heteroatoms. The van der Waals surface area contributed by atoms with Crippen molar-refractivity contribution in [2.45, 2.75) is 0 Å². The summed E-state index contributed by atoms with van der Waals surface area (Å²) in [5.41, 5.74) is 13.3. The summed E-state index contributed by atoms with van der Waals surface area (Å²) >= 11 is 0. The van der Waals surface area contributed by atoms with E-state index in [1.165, 1.54) is 33.4 Å². The minimum Gasteiger partial charge on any atom is -0.456 e. The first-order chi connectivity index (χ1) is 21.8. The van der Waals surface area contributed by atoms with Crippen molar-refractivity contribution in [2.75, 3.05) is 0 Å². The van der Waals surface area contributed by atoms with Crippen LogP contribution in [0.25, 0.3) is 82.9 Å². The molecule has 0 fully saturated rings. The maximum atomic E-state index is 6.06. The highest BCUT2D eigenvalue weighted by atomic mass is 16.3. The van der Waals surface area contributed by atoms with E-state index in [4.69, 9.17) is 9.40 Å². The van der Waals surface area contributed by atoms with Gasteiger partial charge in [-0.25, -0.2) is 0 Å². The summed E-state index contributed by atoms with van der Waals surface area (Å²) < 4.78 is 8.38. The van der Waals surface area contributed by atoms with Crippen LogP contribution in [0.4, 0.5) is 0 Å². The third-order valence-electron chi connectivity index (χ3n) is 8.63. The number of hydrogen-bond donors (Lipinski definition) is 0. The molecule has 9 rings (SSSR count). The molecule has 0 unspecified atom stereocenters. The summed E-state index contributed by atoms with van der Waals surface area (Å²) in [7, 11) is 0. The predicted octanol–water partition coefficient (Wildman–Crippen LogP) is 11.1. The van der Waals surface area contributed by atoms with E-state index in [1.807, 2.05) is 24.4 Å². The van der Waals surface area contributed by atoms with Gasteiger partial charge >= 0.3 is 0 Å². The van der Waals surface area contributed by atoms with Crippen molar-refractivity contribution >= 4 is 43.9 Å². The van der Waals surface area contributed by atoms with Crippen LogP contribution < -0.4 is 0 Å². The molecule has 0 aliphatic rings. The van der Waals surface area contributed by atoms with Crippen molar-refractivity contribution < 1.29 is 4.42 Å². The number of para-hydroxylation sites is 2. The van der Waals surface area contributed by atoms with Crippen LogP contribution in [0.2, 0.25) is 0 Å². The van der Waals surface area contributed by atoms with Gasteiger partial charge < -0.3 is 8.98 Å². The summed E-state index contributed by atoms with van der Waals surface area (Å²) in [5.74, 6) is 0. The quantitative estimate of drug-likeness (QED) is 0.214. The Morgan fingerprint density at radius 1 is 0.409 bits per heavy atom. The second-order valence-electron chi connectivity index (χ2n) is 11.2. The van der Waals surface area contributed by atoms with Crippen LogP contribution in [0.15, 0.2) is 162 Å². The molecule has 9 aromatic rings. The molecule has 0 saturated carbocycles. The topological polar surface area (TPSA) is 31.0 Å². The number of rotatable bonds is 4. The lowest BCUT2D eigenvalue weighted by molar-refractivity contribution is 0.669. The van der Waals surface area contributed by atoms with E-state index in [-0.39, 0.29) is 0 Å². The Balaban J connectivity index is 1.11. The average molecular weight is 563 g/mol. The van der Waals surface area contributed by atoms with E-state index in [2.05, 4.69) is 138 Å². The Morgan fingerprint density at radius 3 is 1.77 bits per heavy atom. The summed E-state index contributed by atoms with van der Waals surface area (Å²) in [6.07, 6.45) is 1.87. The third kappa shape index (κ3) is 3.94. The van der Waals surface area contributed by atoms with Crippen LogP contribution in [0.1, 0.15) is 0 Å². The van der Waals surface area contributed by atoms with Crippen LogP contribution in [0.3, 0.4) is 0 Å². The van der Waals surface area contributed by atoms with E-state index in [0.717, 1.165) is 49.6 Å². The van der Waals surface area contributed by atoms with E-state index in [1.54, 1.807) is 0 Å². The van der Waals surface area contributed by atoms with Crippen molar-refractivity contribution in [1.29, 1.82) is 0 Å². The smallest absolute Gasteiger partial charge is 0.135 e. The molecule has 206 valence electrons. The monoisotopic (exact) mass is 562 g/mol. The average Bonchev–Trinajstić information content (AvgIpc) is 3.64. The van der Waals surface area contributed by atoms with Crippen LogP contribution >= 0.6 is 0 Å². The summed E-state index contributed by atoms with van der Waals surface area (Å²) in [5, 5.41) is 3.45. The van der Waals surface area contributed by atoms with Gasteiger partial charge in [-0.05, 0) is 94.0 Å². The highest BCUT2D eigenvalue weighted by molar-refractivity contribution is 6.07. The van der Waals surface area contributed by atoms with Crippen LogP contribution in [-0.2, 0) is 0 Å². The first-order valence-corrected chi connectivity index (χ1v) is 14.9. The molecule has 0 bridgehead atoms. The van der Waals surface area contributed by atoms with Gasteiger partial charge in [0, 0.05) is 28.0 Å². The lowest BCUT2D eigenvalue weighted by atomic mass is 9.95. The Morgan fingerprint density at radius 2 is 1.00 bits per heavy atom. The molecule has 0 atom stereocenters. The normalized spacial score (nSPS) is 11.6. The van der Waals surface area contributed by atoms with E-state index >= 15 is 0 Å². The number of hydrogen-bond acceptors (Lipinski definition) is 2. The molecule has 0 aliphatic carbocycles. The third-order valence-corrected chi connectivity index (χ3v) is 8.63. The fraction of sp³-hybridized carbons (Fsp3) is 0. The van der Waals surface area contributed by atoms with Crippen molar-refractivity contribution in [3.63, 3.8) is 0 Å². The van der Waals surface area contributed by atoms with Gasteiger partial charge in [0.25, 0.3) is 0 Å². The molecule has 0 amide bonds. The molecule has 0 radical (unpaired) electrons. The zero-order valence-electron chi connectivity index (χ0n) is 23.8. The lowest BCUT2D eigenvalue weighted by Gasteiger charge is -2.11. The molecular weight excluding hydrogens is 536 g/mol. The summed E-state index contributed by atoms with van der Waals surface area (Å²) in [4.78, 5) is 4.71. The van der Waals surface area contributed by atoms with Gasteiger partial charge in [0.2, 0.25) is 0 Å². The molecule has 0 spiro atoms.